The first-order chi connectivity index (χ1) is 11.5. The SMILES string of the molecule is C[C@@H]1C[C@H](C)C(CC(=O)c2ccc(C(=O)O)cc2)c2ccccc21. The molecule has 124 valence electrons. The second-order valence-electron chi connectivity index (χ2n) is 6.86. The molecule has 3 nitrogen and oxygen atoms in total. The number of aromatic carboxylic acids is 1. The second-order valence-corrected chi connectivity index (χ2v) is 6.86. The molecule has 0 radical (unpaired) electrons. The molecule has 0 saturated heterocycles. The molecular formula is C21H22O3. The van der Waals surface area contributed by atoms with Crippen LogP contribution in [0.2, 0.25) is 0 Å². The molecule has 0 amide bonds. The fourth-order valence-corrected chi connectivity index (χ4v) is 3.88. The molecule has 1 aliphatic carbocycles. The fraction of sp³-hybridized carbons (Fsp3) is 0.333. The second kappa shape index (κ2) is 6.60. The molecular weight excluding hydrogens is 300 g/mol. The summed E-state index contributed by atoms with van der Waals surface area (Å²) in [6.07, 6.45) is 1.56. The maximum absolute atomic E-state index is 12.7. The minimum atomic E-state index is -0.974. The van der Waals surface area contributed by atoms with Gasteiger partial charge in [-0.05, 0) is 47.4 Å². The Morgan fingerprint density at radius 1 is 0.958 bits per heavy atom. The Morgan fingerprint density at radius 2 is 1.54 bits per heavy atom. The molecule has 0 spiro atoms. The Labute approximate surface area is 142 Å². The molecule has 3 heteroatoms. The topological polar surface area (TPSA) is 54.4 Å². The van der Waals surface area contributed by atoms with Gasteiger partial charge in [0.05, 0.1) is 5.56 Å². The van der Waals surface area contributed by atoms with Gasteiger partial charge in [0, 0.05) is 12.0 Å². The van der Waals surface area contributed by atoms with Crippen LogP contribution in [0.1, 0.15) is 70.4 Å². The van der Waals surface area contributed by atoms with E-state index in [0.717, 1.165) is 6.42 Å². The smallest absolute Gasteiger partial charge is 0.335 e. The maximum atomic E-state index is 12.7. The van der Waals surface area contributed by atoms with E-state index in [2.05, 4.69) is 32.0 Å². The Balaban J connectivity index is 1.83. The van der Waals surface area contributed by atoms with Crippen molar-refractivity contribution in [2.45, 2.75) is 38.5 Å². The molecule has 2 aromatic carbocycles. The van der Waals surface area contributed by atoms with Crippen molar-refractivity contribution in [1.29, 1.82) is 0 Å². The molecule has 0 saturated carbocycles. The van der Waals surface area contributed by atoms with Crippen molar-refractivity contribution in [3.63, 3.8) is 0 Å². The molecule has 2 aromatic rings. The van der Waals surface area contributed by atoms with Crippen molar-refractivity contribution >= 4 is 11.8 Å². The Hall–Kier alpha value is -2.42. The van der Waals surface area contributed by atoms with E-state index in [4.69, 9.17) is 5.11 Å². The van der Waals surface area contributed by atoms with Crippen molar-refractivity contribution in [2.24, 2.45) is 5.92 Å². The van der Waals surface area contributed by atoms with Crippen molar-refractivity contribution in [3.05, 3.63) is 70.8 Å². The van der Waals surface area contributed by atoms with Crippen LogP contribution >= 0.6 is 0 Å². The standard InChI is InChI=1S/C21H22O3/c1-13-11-14(2)19(18-6-4-3-5-17(13)18)12-20(22)15-7-9-16(10-8-15)21(23)24/h3-10,13-14,19H,11-12H2,1-2H3,(H,23,24)/t13-,14+,19?/m1/s1. The van der Waals surface area contributed by atoms with Crippen LogP contribution in [0.4, 0.5) is 0 Å². The van der Waals surface area contributed by atoms with Gasteiger partial charge in [-0.1, -0.05) is 50.2 Å². The average molecular weight is 322 g/mol. The van der Waals surface area contributed by atoms with Gasteiger partial charge < -0.3 is 5.11 Å². The molecule has 0 heterocycles. The summed E-state index contributed by atoms with van der Waals surface area (Å²) >= 11 is 0. The molecule has 0 fully saturated rings. The quantitative estimate of drug-likeness (QED) is 0.816. The monoisotopic (exact) mass is 322 g/mol. The lowest BCUT2D eigenvalue weighted by Crippen LogP contribution is -2.23. The Kier molecular flexibility index (Phi) is 4.52. The number of carbonyl (C=O) groups is 2. The van der Waals surface area contributed by atoms with E-state index in [0.29, 0.717) is 23.8 Å². The van der Waals surface area contributed by atoms with E-state index >= 15 is 0 Å². The van der Waals surface area contributed by atoms with Gasteiger partial charge in [0.25, 0.3) is 0 Å². The molecule has 1 N–H and O–H groups in total. The molecule has 0 aromatic heterocycles. The van der Waals surface area contributed by atoms with Crippen molar-refractivity contribution < 1.29 is 14.7 Å². The number of hydrogen-bond donors (Lipinski definition) is 1. The summed E-state index contributed by atoms with van der Waals surface area (Å²) in [4.78, 5) is 23.6. The van der Waals surface area contributed by atoms with Crippen LogP contribution in [-0.4, -0.2) is 16.9 Å². The first-order valence-corrected chi connectivity index (χ1v) is 8.42. The van der Waals surface area contributed by atoms with Crippen molar-refractivity contribution in [3.8, 4) is 0 Å². The average Bonchev–Trinajstić information content (AvgIpc) is 2.58. The van der Waals surface area contributed by atoms with Crippen LogP contribution in [0, 0.1) is 5.92 Å². The summed E-state index contributed by atoms with van der Waals surface area (Å²) in [5, 5.41) is 8.96. The van der Waals surface area contributed by atoms with Crippen LogP contribution < -0.4 is 0 Å². The zero-order valence-corrected chi connectivity index (χ0v) is 14.0. The number of ketones is 1. The summed E-state index contributed by atoms with van der Waals surface area (Å²) in [5.41, 5.74) is 3.44. The number of carboxylic acid groups (broad SMARTS) is 1. The first kappa shape index (κ1) is 16.4. The minimum absolute atomic E-state index is 0.0770. The van der Waals surface area contributed by atoms with Gasteiger partial charge in [-0.15, -0.1) is 0 Å². The summed E-state index contributed by atoms with van der Waals surface area (Å²) in [6.45, 7) is 4.47. The normalized spacial score (nSPS) is 22.7. The van der Waals surface area contributed by atoms with Crippen LogP contribution in [0.5, 0.6) is 0 Å². The van der Waals surface area contributed by atoms with E-state index < -0.39 is 5.97 Å². The zero-order chi connectivity index (χ0) is 17.3. The summed E-state index contributed by atoms with van der Waals surface area (Å²) in [7, 11) is 0. The maximum Gasteiger partial charge on any atom is 0.335 e. The Morgan fingerprint density at radius 3 is 2.17 bits per heavy atom. The van der Waals surface area contributed by atoms with E-state index in [9.17, 15) is 9.59 Å². The third kappa shape index (κ3) is 3.12. The van der Waals surface area contributed by atoms with Gasteiger partial charge in [0.2, 0.25) is 0 Å². The lowest BCUT2D eigenvalue weighted by molar-refractivity contribution is 0.0696. The lowest BCUT2D eigenvalue weighted by Gasteiger charge is -2.35. The molecule has 0 bridgehead atoms. The summed E-state index contributed by atoms with van der Waals surface area (Å²) in [5.74, 6) is 0.310. The third-order valence-corrected chi connectivity index (χ3v) is 5.20. The highest BCUT2D eigenvalue weighted by molar-refractivity contribution is 5.97. The van der Waals surface area contributed by atoms with Gasteiger partial charge in [0.15, 0.2) is 5.78 Å². The van der Waals surface area contributed by atoms with Gasteiger partial charge in [-0.2, -0.15) is 0 Å². The highest BCUT2D eigenvalue weighted by atomic mass is 16.4. The van der Waals surface area contributed by atoms with Gasteiger partial charge in [-0.25, -0.2) is 4.79 Å². The van der Waals surface area contributed by atoms with Gasteiger partial charge >= 0.3 is 5.97 Å². The third-order valence-electron chi connectivity index (χ3n) is 5.20. The largest absolute Gasteiger partial charge is 0.478 e. The Bertz CT molecular complexity index is 761. The molecule has 3 rings (SSSR count). The lowest BCUT2D eigenvalue weighted by atomic mass is 9.69. The first-order valence-electron chi connectivity index (χ1n) is 8.42. The predicted octanol–water partition coefficient (Wildman–Crippen LogP) is 4.88. The number of hydrogen-bond acceptors (Lipinski definition) is 2. The minimum Gasteiger partial charge on any atom is -0.478 e. The molecule has 1 unspecified atom stereocenters. The van der Waals surface area contributed by atoms with Crippen LogP contribution in [0.25, 0.3) is 0 Å². The van der Waals surface area contributed by atoms with Crippen LogP contribution in [0.15, 0.2) is 48.5 Å². The van der Waals surface area contributed by atoms with Crippen molar-refractivity contribution in [2.75, 3.05) is 0 Å². The summed E-state index contributed by atoms with van der Waals surface area (Å²) in [6, 6.07) is 14.7. The molecule has 1 aliphatic rings. The van der Waals surface area contributed by atoms with E-state index in [1.54, 1.807) is 12.1 Å². The number of rotatable bonds is 4. The van der Waals surface area contributed by atoms with Gasteiger partial charge in [-0.3, -0.25) is 4.79 Å². The molecule has 24 heavy (non-hydrogen) atoms. The summed E-state index contributed by atoms with van der Waals surface area (Å²) < 4.78 is 0. The number of benzene rings is 2. The van der Waals surface area contributed by atoms with Crippen LogP contribution in [0.3, 0.4) is 0 Å². The van der Waals surface area contributed by atoms with Crippen LogP contribution in [-0.2, 0) is 0 Å². The predicted molar refractivity (Wildman–Crippen MR) is 93.7 cm³/mol. The van der Waals surface area contributed by atoms with Crippen molar-refractivity contribution in [1.82, 2.24) is 0 Å². The molecule has 3 atom stereocenters. The fourth-order valence-electron chi connectivity index (χ4n) is 3.88. The number of Topliss-reactive ketones (excluding diaryl/α,β-unsaturated/α-hetero) is 1. The van der Waals surface area contributed by atoms with E-state index in [1.807, 2.05) is 6.07 Å². The van der Waals surface area contributed by atoms with E-state index in [-0.39, 0.29) is 17.3 Å². The van der Waals surface area contributed by atoms with E-state index in [1.165, 1.54) is 23.3 Å². The number of carboxylic acids is 1. The number of carbonyl (C=O) groups excluding carboxylic acids is 1. The zero-order valence-electron chi connectivity index (χ0n) is 14.0. The molecule has 0 aliphatic heterocycles. The van der Waals surface area contributed by atoms with Gasteiger partial charge in [0.1, 0.15) is 0 Å². The highest BCUT2D eigenvalue weighted by Crippen LogP contribution is 2.44. The highest BCUT2D eigenvalue weighted by Gasteiger charge is 2.31. The number of fused-ring (bicyclic) bond motifs is 1.